The lowest BCUT2D eigenvalue weighted by Gasteiger charge is -1.93. The molecular formula is C3H5N3. The van der Waals surface area contributed by atoms with Crippen molar-refractivity contribution in [3.8, 4) is 0 Å². The minimum Gasteiger partial charge on any atom is -0.113 e. The first kappa shape index (κ1) is 3.46. The summed E-state index contributed by atoms with van der Waals surface area (Å²) < 4.78 is 0. The van der Waals surface area contributed by atoms with E-state index in [4.69, 9.17) is 0 Å². The maximum Gasteiger partial charge on any atom is 0.176 e. The number of hydrogen-bond acceptors (Lipinski definition) is 3. The van der Waals surface area contributed by atoms with E-state index in [2.05, 4.69) is 15.4 Å². The van der Waals surface area contributed by atoms with Crippen LogP contribution in [-0.2, 0) is 0 Å². The van der Waals surface area contributed by atoms with Gasteiger partial charge in [-0.2, -0.15) is 0 Å². The smallest absolute Gasteiger partial charge is 0.113 e. The van der Waals surface area contributed by atoms with Crippen LogP contribution in [-0.4, -0.2) is 5.84 Å². The molecule has 1 rings (SSSR count). The first-order valence-electron chi connectivity index (χ1n) is 1.91. The highest BCUT2D eigenvalue weighted by molar-refractivity contribution is 5.84. The Balaban J connectivity index is 2.37. The van der Waals surface area contributed by atoms with Gasteiger partial charge in [0.1, 0.15) is 0 Å². The molecule has 6 heavy (non-hydrogen) atoms. The summed E-state index contributed by atoms with van der Waals surface area (Å²) >= 11 is 0. The number of nitrogens with zero attached hydrogens (tertiary/aromatic N) is 3. The zero-order valence-electron chi connectivity index (χ0n) is 3.55. The molecule has 0 atom stereocenters. The summed E-state index contributed by atoms with van der Waals surface area (Å²) in [5.74, 6) is 0.856. The van der Waals surface area contributed by atoms with Crippen LogP contribution in [0.2, 0.25) is 0 Å². The van der Waals surface area contributed by atoms with Crippen LogP contribution in [0.25, 0.3) is 0 Å². The van der Waals surface area contributed by atoms with Gasteiger partial charge in [-0.1, -0.05) is 6.92 Å². The molecular weight excluding hydrogens is 78.1 g/mol. The van der Waals surface area contributed by atoms with E-state index in [0.29, 0.717) is 0 Å². The van der Waals surface area contributed by atoms with Crippen LogP contribution < -0.4 is 0 Å². The van der Waals surface area contributed by atoms with E-state index in [9.17, 15) is 0 Å². The predicted molar refractivity (Wildman–Crippen MR) is 22.6 cm³/mol. The van der Waals surface area contributed by atoms with E-state index >= 15 is 0 Å². The molecule has 1 aliphatic rings. The molecule has 0 N–H and O–H groups in total. The Labute approximate surface area is 35.8 Å². The van der Waals surface area contributed by atoms with Crippen LogP contribution in [0.1, 0.15) is 13.3 Å². The maximum absolute atomic E-state index is 3.56. The third-order valence-corrected chi connectivity index (χ3v) is 0.637. The van der Waals surface area contributed by atoms with Gasteiger partial charge < -0.3 is 0 Å². The molecule has 1 heterocycles. The SMILES string of the molecule is CCC1=NN=N1. The van der Waals surface area contributed by atoms with Gasteiger partial charge in [0.2, 0.25) is 0 Å². The third kappa shape index (κ3) is 0.319. The largest absolute Gasteiger partial charge is 0.176 e. The topological polar surface area (TPSA) is 37.1 Å². The second-order valence-corrected chi connectivity index (χ2v) is 1.06. The first-order chi connectivity index (χ1) is 2.93. The lowest BCUT2D eigenvalue weighted by Crippen LogP contribution is -1.93. The predicted octanol–water partition coefficient (Wildman–Crippen LogP) is 1.18. The third-order valence-electron chi connectivity index (χ3n) is 0.637. The van der Waals surface area contributed by atoms with Crippen molar-refractivity contribution < 1.29 is 0 Å². The van der Waals surface area contributed by atoms with Gasteiger partial charge in [0, 0.05) is 6.42 Å². The second-order valence-electron chi connectivity index (χ2n) is 1.06. The number of rotatable bonds is 1. The lowest BCUT2D eigenvalue weighted by atomic mass is 10.5. The Bertz CT molecular complexity index is 103. The zero-order chi connectivity index (χ0) is 4.41. The van der Waals surface area contributed by atoms with Crippen LogP contribution in [0, 0.1) is 0 Å². The summed E-state index contributed by atoms with van der Waals surface area (Å²) in [4.78, 5) is 0. The number of amidine groups is 1. The molecule has 0 aromatic carbocycles. The summed E-state index contributed by atoms with van der Waals surface area (Å²) in [7, 11) is 0. The second kappa shape index (κ2) is 1.16. The maximum atomic E-state index is 3.56. The standard InChI is InChI=1S/C3H5N3/c1-2-3-4-6-5-3/h2H2,1H3. The zero-order valence-corrected chi connectivity index (χ0v) is 3.55. The van der Waals surface area contributed by atoms with E-state index in [-0.39, 0.29) is 0 Å². The summed E-state index contributed by atoms with van der Waals surface area (Å²) in [5, 5.41) is 10.4. The Morgan fingerprint density at radius 2 is 2.33 bits per heavy atom. The fourth-order valence-corrected chi connectivity index (χ4v) is 0.249. The molecule has 0 fully saturated rings. The van der Waals surface area contributed by atoms with Crippen molar-refractivity contribution >= 4 is 5.84 Å². The van der Waals surface area contributed by atoms with Crippen molar-refractivity contribution in [3.05, 3.63) is 0 Å². The molecule has 0 radical (unpaired) electrons. The molecule has 0 aliphatic carbocycles. The lowest BCUT2D eigenvalue weighted by molar-refractivity contribution is 0.948. The molecule has 0 spiro atoms. The van der Waals surface area contributed by atoms with E-state index in [0.717, 1.165) is 12.3 Å². The molecule has 32 valence electrons. The average Bonchev–Trinajstić information content (AvgIpc) is 1.31. The quantitative estimate of drug-likeness (QED) is 0.456. The molecule has 0 aromatic heterocycles. The highest BCUT2D eigenvalue weighted by Gasteiger charge is 1.96. The average molecular weight is 83.1 g/mol. The number of hydrogen-bond donors (Lipinski definition) is 0. The minimum atomic E-state index is 0.856. The summed E-state index contributed by atoms with van der Waals surface area (Å²) in [6.45, 7) is 2.00. The van der Waals surface area contributed by atoms with Crippen molar-refractivity contribution in [1.82, 2.24) is 0 Å². The molecule has 0 unspecified atom stereocenters. The van der Waals surface area contributed by atoms with E-state index in [1.165, 1.54) is 0 Å². The first-order valence-corrected chi connectivity index (χ1v) is 1.91. The van der Waals surface area contributed by atoms with Crippen LogP contribution >= 0.6 is 0 Å². The molecule has 0 saturated carbocycles. The van der Waals surface area contributed by atoms with Crippen molar-refractivity contribution in [2.75, 3.05) is 0 Å². The highest BCUT2D eigenvalue weighted by Crippen LogP contribution is 1.98. The van der Waals surface area contributed by atoms with Gasteiger partial charge in [-0.15, -0.1) is 10.2 Å². The van der Waals surface area contributed by atoms with E-state index in [1.54, 1.807) is 0 Å². The monoisotopic (exact) mass is 83.0 g/mol. The van der Waals surface area contributed by atoms with Gasteiger partial charge in [-0.25, -0.2) is 0 Å². The van der Waals surface area contributed by atoms with Gasteiger partial charge in [0.25, 0.3) is 0 Å². The molecule has 3 nitrogen and oxygen atoms in total. The summed E-state index contributed by atoms with van der Waals surface area (Å²) in [6, 6.07) is 0. The van der Waals surface area contributed by atoms with Gasteiger partial charge in [-0.05, 0) is 5.22 Å². The Hall–Kier alpha value is -0.730. The van der Waals surface area contributed by atoms with E-state index in [1.807, 2.05) is 6.92 Å². The van der Waals surface area contributed by atoms with E-state index < -0.39 is 0 Å². The van der Waals surface area contributed by atoms with Gasteiger partial charge >= 0.3 is 0 Å². The molecule has 1 aliphatic heterocycles. The Morgan fingerprint density at radius 3 is 2.33 bits per heavy atom. The van der Waals surface area contributed by atoms with Crippen molar-refractivity contribution in [2.45, 2.75) is 13.3 Å². The fraction of sp³-hybridized carbons (Fsp3) is 0.667. The van der Waals surface area contributed by atoms with Gasteiger partial charge in [-0.3, -0.25) is 0 Å². The van der Waals surface area contributed by atoms with Crippen LogP contribution in [0.15, 0.2) is 15.4 Å². The molecule has 0 bridgehead atoms. The van der Waals surface area contributed by atoms with Crippen LogP contribution in [0.3, 0.4) is 0 Å². The summed E-state index contributed by atoms with van der Waals surface area (Å²) in [6.07, 6.45) is 0.906. The molecule has 0 aromatic rings. The fourth-order valence-electron chi connectivity index (χ4n) is 0.249. The van der Waals surface area contributed by atoms with Crippen LogP contribution in [0.4, 0.5) is 0 Å². The molecule has 0 amide bonds. The van der Waals surface area contributed by atoms with Crippen LogP contribution in [0.5, 0.6) is 0 Å². The molecule has 0 saturated heterocycles. The normalized spacial score (nSPS) is 16.5. The molecule has 3 heteroatoms. The van der Waals surface area contributed by atoms with Crippen molar-refractivity contribution in [1.29, 1.82) is 0 Å². The Kier molecular flexibility index (Phi) is 0.670. The van der Waals surface area contributed by atoms with Gasteiger partial charge in [0.05, 0.1) is 0 Å². The van der Waals surface area contributed by atoms with Crippen molar-refractivity contribution in [3.63, 3.8) is 0 Å². The minimum absolute atomic E-state index is 0.856. The summed E-state index contributed by atoms with van der Waals surface area (Å²) in [5.41, 5.74) is 0. The van der Waals surface area contributed by atoms with Crippen molar-refractivity contribution in [2.24, 2.45) is 15.4 Å². The highest BCUT2D eigenvalue weighted by atomic mass is 15.5. The van der Waals surface area contributed by atoms with Gasteiger partial charge in [0.15, 0.2) is 5.84 Å². The Morgan fingerprint density at radius 1 is 1.67 bits per heavy atom.